The molecule has 0 radical (unpaired) electrons. The summed E-state index contributed by atoms with van der Waals surface area (Å²) in [4.78, 5) is 27.3. The lowest BCUT2D eigenvalue weighted by molar-refractivity contribution is -0.147. The number of carbonyl (C=O) groups excluding carboxylic acids is 1. The van der Waals surface area contributed by atoms with Gasteiger partial charge in [0.2, 0.25) is 5.56 Å². The van der Waals surface area contributed by atoms with Crippen molar-refractivity contribution in [1.82, 2.24) is 9.88 Å². The fourth-order valence-corrected chi connectivity index (χ4v) is 3.29. The summed E-state index contributed by atoms with van der Waals surface area (Å²) in [5, 5.41) is -3.66. The standard InChI is InChI=1S/C16H13F3N2O2S/c17-11-2-4-12(5-3-11)24-16(18,19)15(23)21-8-7-13-10(9-21)1-6-14(22)20-13/h1-6H,7-9H2,(H,20,22). The number of H-pyrrole nitrogens is 1. The van der Waals surface area contributed by atoms with E-state index in [1.165, 1.54) is 18.2 Å². The zero-order chi connectivity index (χ0) is 17.3. The van der Waals surface area contributed by atoms with Crippen LogP contribution in [-0.4, -0.2) is 27.6 Å². The number of halogens is 3. The van der Waals surface area contributed by atoms with Crippen molar-refractivity contribution in [2.45, 2.75) is 23.1 Å². The summed E-state index contributed by atoms with van der Waals surface area (Å²) >= 11 is 0.0911. The number of thioether (sulfide) groups is 1. The van der Waals surface area contributed by atoms with Crippen LogP contribution in [0.4, 0.5) is 13.2 Å². The summed E-state index contributed by atoms with van der Waals surface area (Å²) in [6.45, 7) is 0.121. The van der Waals surface area contributed by atoms with E-state index in [-0.39, 0.29) is 35.3 Å². The molecule has 126 valence electrons. The summed E-state index contributed by atoms with van der Waals surface area (Å²) in [7, 11) is 0. The van der Waals surface area contributed by atoms with Crippen molar-refractivity contribution in [1.29, 1.82) is 0 Å². The Morgan fingerprint density at radius 3 is 2.58 bits per heavy atom. The average molecular weight is 354 g/mol. The van der Waals surface area contributed by atoms with Gasteiger partial charge in [0.05, 0.1) is 0 Å². The molecule has 3 rings (SSSR count). The van der Waals surface area contributed by atoms with Gasteiger partial charge in [-0.3, -0.25) is 9.59 Å². The van der Waals surface area contributed by atoms with E-state index in [2.05, 4.69) is 4.98 Å². The van der Waals surface area contributed by atoms with Crippen LogP contribution in [-0.2, 0) is 17.8 Å². The Labute approximate surface area is 139 Å². The molecule has 0 aliphatic carbocycles. The molecule has 1 aliphatic rings. The third-order valence-corrected chi connectivity index (χ3v) is 4.63. The molecule has 4 nitrogen and oxygen atoms in total. The number of nitrogens with zero attached hydrogens (tertiary/aromatic N) is 1. The largest absolute Gasteiger partial charge is 0.375 e. The van der Waals surface area contributed by atoms with Gasteiger partial charge in [0, 0.05) is 36.2 Å². The Hall–Kier alpha value is -2.22. The molecule has 2 heterocycles. The number of carbonyl (C=O) groups is 1. The average Bonchev–Trinajstić information content (AvgIpc) is 2.55. The minimum absolute atomic E-state index is 0.0184. The number of aromatic amines is 1. The molecule has 0 fully saturated rings. The lowest BCUT2D eigenvalue weighted by Crippen LogP contribution is -2.44. The Morgan fingerprint density at radius 2 is 1.88 bits per heavy atom. The Kier molecular flexibility index (Phi) is 4.40. The Morgan fingerprint density at radius 1 is 1.17 bits per heavy atom. The van der Waals surface area contributed by atoms with Gasteiger partial charge in [-0.1, -0.05) is 6.07 Å². The van der Waals surface area contributed by atoms with E-state index in [1.54, 1.807) is 6.07 Å². The second-order valence-electron chi connectivity index (χ2n) is 5.38. The first-order valence-electron chi connectivity index (χ1n) is 7.18. The van der Waals surface area contributed by atoms with Crippen molar-refractivity contribution in [3.05, 3.63) is 63.8 Å². The van der Waals surface area contributed by atoms with E-state index in [1.807, 2.05) is 0 Å². The maximum Gasteiger partial charge on any atom is 0.375 e. The third-order valence-electron chi connectivity index (χ3n) is 3.69. The number of fused-ring (bicyclic) bond motifs is 1. The minimum Gasteiger partial charge on any atom is -0.332 e. The molecule has 1 amide bonds. The van der Waals surface area contributed by atoms with Gasteiger partial charge in [-0.25, -0.2) is 4.39 Å². The smallest absolute Gasteiger partial charge is 0.332 e. The molecule has 24 heavy (non-hydrogen) atoms. The number of benzene rings is 1. The summed E-state index contributed by atoms with van der Waals surface area (Å²) in [6.07, 6.45) is 0.314. The Bertz CT molecular complexity index is 821. The van der Waals surface area contributed by atoms with Gasteiger partial charge in [0.25, 0.3) is 0 Å². The van der Waals surface area contributed by atoms with E-state index in [4.69, 9.17) is 0 Å². The van der Waals surface area contributed by atoms with Crippen LogP contribution in [0.2, 0.25) is 0 Å². The SMILES string of the molecule is O=C(N1CCc2[nH]c(=O)ccc2C1)C(F)(F)Sc1ccc(F)cc1. The van der Waals surface area contributed by atoms with Gasteiger partial charge < -0.3 is 9.88 Å². The highest BCUT2D eigenvalue weighted by Crippen LogP contribution is 2.38. The first-order chi connectivity index (χ1) is 11.3. The summed E-state index contributed by atoms with van der Waals surface area (Å²) < 4.78 is 41.3. The van der Waals surface area contributed by atoms with Gasteiger partial charge in [0.15, 0.2) is 0 Å². The molecular weight excluding hydrogens is 341 g/mol. The highest BCUT2D eigenvalue weighted by atomic mass is 32.2. The molecule has 1 N–H and O–H groups in total. The molecule has 8 heteroatoms. The maximum absolute atomic E-state index is 14.2. The van der Waals surface area contributed by atoms with Crippen molar-refractivity contribution in [3.63, 3.8) is 0 Å². The number of hydrogen-bond acceptors (Lipinski definition) is 3. The summed E-state index contributed by atoms with van der Waals surface area (Å²) in [6, 6.07) is 7.39. The fraction of sp³-hybridized carbons (Fsp3) is 0.250. The van der Waals surface area contributed by atoms with Crippen molar-refractivity contribution < 1.29 is 18.0 Å². The van der Waals surface area contributed by atoms with E-state index < -0.39 is 17.0 Å². The first kappa shape index (κ1) is 16.6. The van der Waals surface area contributed by atoms with E-state index >= 15 is 0 Å². The number of amides is 1. The molecule has 1 aromatic carbocycles. The monoisotopic (exact) mass is 354 g/mol. The zero-order valence-corrected chi connectivity index (χ0v) is 13.2. The predicted molar refractivity (Wildman–Crippen MR) is 83.4 cm³/mol. The van der Waals surface area contributed by atoms with E-state index in [0.717, 1.165) is 17.0 Å². The van der Waals surface area contributed by atoms with Crippen LogP contribution in [0.1, 0.15) is 11.3 Å². The van der Waals surface area contributed by atoms with Crippen LogP contribution in [0.15, 0.2) is 46.1 Å². The van der Waals surface area contributed by atoms with E-state index in [0.29, 0.717) is 17.7 Å². The number of alkyl halides is 2. The molecule has 1 aromatic heterocycles. The molecule has 0 saturated carbocycles. The zero-order valence-electron chi connectivity index (χ0n) is 12.4. The molecule has 0 saturated heterocycles. The van der Waals surface area contributed by atoms with E-state index in [9.17, 15) is 22.8 Å². The van der Waals surface area contributed by atoms with Gasteiger partial charge in [0.1, 0.15) is 5.82 Å². The van der Waals surface area contributed by atoms with Crippen LogP contribution < -0.4 is 5.56 Å². The molecule has 0 bridgehead atoms. The third kappa shape index (κ3) is 3.48. The van der Waals surface area contributed by atoms with Crippen LogP contribution in [0, 0.1) is 5.82 Å². The molecule has 1 aliphatic heterocycles. The number of aromatic nitrogens is 1. The molecule has 0 unspecified atom stereocenters. The number of rotatable bonds is 3. The molecule has 0 spiro atoms. The van der Waals surface area contributed by atoms with Crippen molar-refractivity contribution in [2.24, 2.45) is 0 Å². The van der Waals surface area contributed by atoms with Crippen LogP contribution in [0.5, 0.6) is 0 Å². The fourth-order valence-electron chi connectivity index (χ4n) is 2.50. The Balaban J connectivity index is 1.74. The van der Waals surface area contributed by atoms with Crippen molar-refractivity contribution in [2.75, 3.05) is 6.54 Å². The minimum atomic E-state index is -3.66. The normalized spacial score (nSPS) is 14.4. The second-order valence-corrected chi connectivity index (χ2v) is 6.56. The topological polar surface area (TPSA) is 53.2 Å². The van der Waals surface area contributed by atoms with Crippen molar-refractivity contribution in [3.8, 4) is 0 Å². The second kappa shape index (κ2) is 6.35. The van der Waals surface area contributed by atoms with Gasteiger partial charge >= 0.3 is 11.2 Å². The van der Waals surface area contributed by atoms with Gasteiger partial charge in [-0.15, -0.1) is 0 Å². The molecular formula is C16H13F3N2O2S. The van der Waals surface area contributed by atoms with Gasteiger partial charge in [-0.2, -0.15) is 8.78 Å². The molecule has 2 aromatic rings. The summed E-state index contributed by atoms with van der Waals surface area (Å²) in [5.74, 6) is -1.83. The maximum atomic E-state index is 14.2. The highest BCUT2D eigenvalue weighted by Gasteiger charge is 2.44. The highest BCUT2D eigenvalue weighted by molar-refractivity contribution is 8.01. The number of nitrogens with one attached hydrogen (secondary N) is 1. The van der Waals surface area contributed by atoms with Gasteiger partial charge in [-0.05, 0) is 41.6 Å². The quantitative estimate of drug-likeness (QED) is 0.863. The van der Waals surface area contributed by atoms with Crippen LogP contribution >= 0.6 is 11.8 Å². The first-order valence-corrected chi connectivity index (χ1v) is 8.00. The summed E-state index contributed by atoms with van der Waals surface area (Å²) in [5.41, 5.74) is 1.06. The lowest BCUT2D eigenvalue weighted by atomic mass is 10.1. The predicted octanol–water partition coefficient (Wildman–Crippen LogP) is 2.78. The number of pyridine rings is 1. The number of hydrogen-bond donors (Lipinski definition) is 1. The van der Waals surface area contributed by atoms with Crippen LogP contribution in [0.3, 0.4) is 0 Å². The van der Waals surface area contributed by atoms with Crippen molar-refractivity contribution >= 4 is 17.7 Å². The lowest BCUT2D eigenvalue weighted by Gasteiger charge is -2.30. The van der Waals surface area contributed by atoms with Crippen LogP contribution in [0.25, 0.3) is 0 Å². The molecule has 0 atom stereocenters.